The van der Waals surface area contributed by atoms with E-state index >= 15 is 0 Å². The third kappa shape index (κ3) is 1.62. The van der Waals surface area contributed by atoms with Crippen LogP contribution in [0.3, 0.4) is 0 Å². The lowest BCUT2D eigenvalue weighted by molar-refractivity contribution is -0.384. The summed E-state index contributed by atoms with van der Waals surface area (Å²) >= 11 is 0. The summed E-state index contributed by atoms with van der Waals surface area (Å²) in [5.41, 5.74) is -0.0324. The minimum atomic E-state index is -1.42. The molecule has 0 saturated heterocycles. The van der Waals surface area contributed by atoms with Gasteiger partial charge in [-0.2, -0.15) is 0 Å². The molecule has 0 amide bonds. The van der Waals surface area contributed by atoms with Gasteiger partial charge < -0.3 is 19.3 Å². The zero-order chi connectivity index (χ0) is 14.4. The first-order valence-electron chi connectivity index (χ1n) is 5.51. The summed E-state index contributed by atoms with van der Waals surface area (Å²) in [6.07, 6.45) is 1.20. The number of aromatic amines is 1. The molecular weight excluding hydrogens is 266 g/mol. The molecule has 3 rings (SSSR count). The van der Waals surface area contributed by atoms with Gasteiger partial charge in [-0.3, -0.25) is 14.9 Å². The quantitative estimate of drug-likeness (QED) is 0.522. The van der Waals surface area contributed by atoms with E-state index in [1.54, 1.807) is 0 Å². The zero-order valence-corrected chi connectivity index (χ0v) is 9.82. The van der Waals surface area contributed by atoms with Crippen LogP contribution >= 0.6 is 0 Å². The number of nitro groups is 1. The number of carboxylic acid groups (broad SMARTS) is 1. The number of H-pyrrole nitrogens is 1. The molecule has 2 aromatic heterocycles. The maximum absolute atomic E-state index is 11.8. The van der Waals surface area contributed by atoms with Gasteiger partial charge in [0.2, 0.25) is 0 Å². The van der Waals surface area contributed by atoms with Crippen molar-refractivity contribution in [2.75, 3.05) is 0 Å². The Labute approximate surface area is 110 Å². The van der Waals surface area contributed by atoms with Gasteiger partial charge in [0, 0.05) is 23.9 Å². The van der Waals surface area contributed by atoms with Crippen LogP contribution in [0.5, 0.6) is 0 Å². The monoisotopic (exact) mass is 272 g/mol. The molecule has 0 aliphatic rings. The van der Waals surface area contributed by atoms with E-state index in [1.165, 1.54) is 28.8 Å². The van der Waals surface area contributed by atoms with Crippen molar-refractivity contribution in [1.29, 1.82) is 0 Å². The number of carbonyl (C=O) groups excluding carboxylic acids is 1. The van der Waals surface area contributed by atoms with Crippen molar-refractivity contribution in [1.82, 2.24) is 9.38 Å². The van der Waals surface area contributed by atoms with Crippen LogP contribution in [-0.4, -0.2) is 20.3 Å². The molecule has 20 heavy (non-hydrogen) atoms. The number of fused-ring (bicyclic) bond motifs is 3. The SMILES string of the molecule is O=C([O-])c1cc2c(=O)[nH]c3ccc([N+](=O)[O-])cc3n2c1. The van der Waals surface area contributed by atoms with Gasteiger partial charge in [-0.1, -0.05) is 0 Å². The summed E-state index contributed by atoms with van der Waals surface area (Å²) in [4.78, 5) is 35.4. The fourth-order valence-corrected chi connectivity index (χ4v) is 2.07. The molecule has 0 fully saturated rings. The zero-order valence-electron chi connectivity index (χ0n) is 9.82. The number of nitrogens with zero attached hydrogens (tertiary/aromatic N) is 2. The fraction of sp³-hybridized carbons (Fsp3) is 0. The summed E-state index contributed by atoms with van der Waals surface area (Å²) in [7, 11) is 0. The Morgan fingerprint density at radius 1 is 1.25 bits per heavy atom. The highest BCUT2D eigenvalue weighted by atomic mass is 16.6. The Kier molecular flexibility index (Phi) is 2.33. The number of carbonyl (C=O) groups is 1. The molecule has 0 unspecified atom stereocenters. The molecule has 100 valence electrons. The molecule has 0 radical (unpaired) electrons. The lowest BCUT2D eigenvalue weighted by Gasteiger charge is -2.02. The highest BCUT2D eigenvalue weighted by Crippen LogP contribution is 2.20. The van der Waals surface area contributed by atoms with E-state index in [-0.39, 0.29) is 16.8 Å². The second-order valence-electron chi connectivity index (χ2n) is 4.18. The summed E-state index contributed by atoms with van der Waals surface area (Å²) in [5, 5.41) is 21.6. The highest BCUT2D eigenvalue weighted by molar-refractivity contribution is 5.90. The van der Waals surface area contributed by atoms with Crippen molar-refractivity contribution < 1.29 is 14.8 Å². The van der Waals surface area contributed by atoms with Crippen molar-refractivity contribution in [2.24, 2.45) is 0 Å². The minimum Gasteiger partial charge on any atom is -0.545 e. The van der Waals surface area contributed by atoms with Crippen molar-refractivity contribution in [2.45, 2.75) is 0 Å². The smallest absolute Gasteiger partial charge is 0.272 e. The average molecular weight is 272 g/mol. The second-order valence-corrected chi connectivity index (χ2v) is 4.18. The van der Waals surface area contributed by atoms with E-state index in [0.717, 1.165) is 6.07 Å². The molecule has 1 N–H and O–H groups in total. The van der Waals surface area contributed by atoms with Crippen LogP contribution in [0, 0.1) is 10.1 Å². The molecule has 0 saturated carbocycles. The highest BCUT2D eigenvalue weighted by Gasteiger charge is 2.12. The number of hydrogen-bond acceptors (Lipinski definition) is 5. The third-order valence-electron chi connectivity index (χ3n) is 2.99. The van der Waals surface area contributed by atoms with Gasteiger partial charge in [-0.15, -0.1) is 0 Å². The summed E-state index contributed by atoms with van der Waals surface area (Å²) < 4.78 is 1.30. The molecule has 3 aromatic rings. The van der Waals surface area contributed by atoms with Crippen LogP contribution in [0.15, 0.2) is 35.3 Å². The Hall–Kier alpha value is -3.16. The maximum Gasteiger partial charge on any atom is 0.272 e. The van der Waals surface area contributed by atoms with Crippen LogP contribution in [0.4, 0.5) is 5.69 Å². The summed E-state index contributed by atoms with van der Waals surface area (Å²) in [5.74, 6) is -1.42. The van der Waals surface area contributed by atoms with Crippen LogP contribution < -0.4 is 10.7 Å². The van der Waals surface area contributed by atoms with Crippen molar-refractivity contribution in [3.05, 3.63) is 56.5 Å². The molecule has 8 nitrogen and oxygen atoms in total. The van der Waals surface area contributed by atoms with E-state index in [0.29, 0.717) is 11.0 Å². The number of aromatic nitrogens is 2. The van der Waals surface area contributed by atoms with E-state index in [2.05, 4.69) is 4.98 Å². The number of nitro benzene ring substituents is 1. The molecule has 0 aliphatic carbocycles. The van der Waals surface area contributed by atoms with E-state index in [1.807, 2.05) is 0 Å². The maximum atomic E-state index is 11.8. The Bertz CT molecular complexity index is 937. The van der Waals surface area contributed by atoms with E-state index < -0.39 is 16.5 Å². The lowest BCUT2D eigenvalue weighted by Crippen LogP contribution is -2.21. The third-order valence-corrected chi connectivity index (χ3v) is 2.99. The van der Waals surface area contributed by atoms with Crippen LogP contribution in [0.1, 0.15) is 10.4 Å². The first kappa shape index (κ1) is 11.9. The topological polar surface area (TPSA) is 121 Å². The lowest BCUT2D eigenvalue weighted by atomic mass is 10.2. The van der Waals surface area contributed by atoms with Crippen molar-refractivity contribution in [3.8, 4) is 0 Å². The van der Waals surface area contributed by atoms with Gasteiger partial charge in [0.1, 0.15) is 5.52 Å². The number of rotatable bonds is 2. The fourth-order valence-electron chi connectivity index (χ4n) is 2.07. The molecule has 0 atom stereocenters. The van der Waals surface area contributed by atoms with Gasteiger partial charge in [0.15, 0.2) is 0 Å². The van der Waals surface area contributed by atoms with E-state index in [9.17, 15) is 24.8 Å². The van der Waals surface area contributed by atoms with Gasteiger partial charge in [0.05, 0.1) is 21.9 Å². The first-order chi connectivity index (χ1) is 9.47. The second kappa shape index (κ2) is 3.92. The molecule has 0 spiro atoms. The normalized spacial score (nSPS) is 11.0. The number of aromatic carboxylic acids is 1. The number of carboxylic acids is 1. The predicted octanol–water partition coefficient (Wildman–Crippen LogP) is 0.0525. The Morgan fingerprint density at radius 3 is 2.65 bits per heavy atom. The molecule has 2 heterocycles. The van der Waals surface area contributed by atoms with Gasteiger partial charge in [0.25, 0.3) is 11.2 Å². The number of non-ortho nitro benzene ring substituents is 1. The Morgan fingerprint density at radius 2 is 2.00 bits per heavy atom. The minimum absolute atomic E-state index is 0.0807. The average Bonchev–Trinajstić information content (AvgIpc) is 2.84. The number of nitrogens with one attached hydrogen (secondary N) is 1. The van der Waals surface area contributed by atoms with Crippen molar-refractivity contribution in [3.63, 3.8) is 0 Å². The first-order valence-corrected chi connectivity index (χ1v) is 5.51. The largest absolute Gasteiger partial charge is 0.545 e. The predicted molar refractivity (Wildman–Crippen MR) is 66.5 cm³/mol. The molecule has 8 heteroatoms. The van der Waals surface area contributed by atoms with Gasteiger partial charge in [-0.05, 0) is 12.1 Å². The van der Waals surface area contributed by atoms with E-state index in [4.69, 9.17) is 0 Å². The molecular formula is C12H6N3O5-. The summed E-state index contributed by atoms with van der Waals surface area (Å²) in [6.45, 7) is 0. The van der Waals surface area contributed by atoms with Gasteiger partial charge >= 0.3 is 0 Å². The molecule has 0 aliphatic heterocycles. The number of benzene rings is 1. The van der Waals surface area contributed by atoms with Crippen molar-refractivity contribution >= 4 is 28.2 Å². The standard InChI is InChI=1S/C12H7N3O5/c16-11-10-3-6(12(17)18)5-14(10)9-4-7(15(19)20)1-2-8(9)13-11/h1-5H,(H,13,16)(H,17,18)/p-1. The summed E-state index contributed by atoms with van der Waals surface area (Å²) in [6, 6.07) is 5.07. The van der Waals surface area contributed by atoms with Crippen LogP contribution in [0.25, 0.3) is 16.6 Å². The molecule has 1 aromatic carbocycles. The van der Waals surface area contributed by atoms with Crippen LogP contribution in [0.2, 0.25) is 0 Å². The number of hydrogen-bond donors (Lipinski definition) is 1. The van der Waals surface area contributed by atoms with Gasteiger partial charge in [-0.25, -0.2) is 0 Å². The Balaban J connectivity index is 2.48. The molecule has 0 bridgehead atoms. The van der Waals surface area contributed by atoms with Crippen LogP contribution in [-0.2, 0) is 0 Å².